The molecular weight excluding hydrogens is 353 g/mol. The number of carbonyl (C=O) groups is 1. The summed E-state index contributed by atoms with van der Waals surface area (Å²) in [5.41, 5.74) is 3.40. The largest absolute Gasteiger partial charge is 0.355 e. The molecule has 28 heavy (non-hydrogen) atoms. The third kappa shape index (κ3) is 3.93. The molecule has 1 N–H and O–H groups in total. The fraction of sp³-hybridized carbons (Fsp3) is 0.130. The first-order valence-electron chi connectivity index (χ1n) is 9.21. The lowest BCUT2D eigenvalue weighted by Crippen LogP contribution is -2.31. The second kappa shape index (κ2) is 8.05. The normalized spacial score (nSPS) is 11.1. The van der Waals surface area contributed by atoms with E-state index in [1.54, 1.807) is 16.7 Å². The Morgan fingerprint density at radius 3 is 2.21 bits per heavy atom. The van der Waals surface area contributed by atoms with Crippen LogP contribution < -0.4 is 5.32 Å². The predicted molar refractivity (Wildman–Crippen MR) is 107 cm³/mol. The molecular formula is C23H20FN3O. The number of nitrogens with one attached hydrogen (secondary N) is 1. The summed E-state index contributed by atoms with van der Waals surface area (Å²) >= 11 is 0. The average Bonchev–Trinajstić information content (AvgIpc) is 3.11. The second-order valence-electron chi connectivity index (χ2n) is 6.64. The van der Waals surface area contributed by atoms with Gasteiger partial charge in [0.25, 0.3) is 0 Å². The number of rotatable bonds is 6. The second-order valence-corrected chi connectivity index (χ2v) is 6.64. The zero-order chi connectivity index (χ0) is 19.3. The monoisotopic (exact) mass is 373 g/mol. The van der Waals surface area contributed by atoms with Gasteiger partial charge < -0.3 is 9.72 Å². The van der Waals surface area contributed by atoms with E-state index in [0.717, 1.165) is 16.8 Å². The molecule has 2 aromatic heterocycles. The number of benzene rings is 2. The molecule has 4 rings (SSSR count). The van der Waals surface area contributed by atoms with Gasteiger partial charge >= 0.3 is 0 Å². The molecule has 0 aliphatic heterocycles. The van der Waals surface area contributed by atoms with Gasteiger partial charge in [-0.2, -0.15) is 0 Å². The highest BCUT2D eigenvalue weighted by atomic mass is 19.1. The van der Waals surface area contributed by atoms with E-state index in [-0.39, 0.29) is 17.6 Å². The number of halogens is 1. The van der Waals surface area contributed by atoms with Gasteiger partial charge in [-0.05, 0) is 23.3 Å². The van der Waals surface area contributed by atoms with E-state index in [1.165, 1.54) is 12.3 Å². The molecule has 0 bridgehead atoms. The fourth-order valence-electron chi connectivity index (χ4n) is 3.34. The molecule has 0 atom stereocenters. The van der Waals surface area contributed by atoms with Crippen molar-refractivity contribution >= 4 is 11.6 Å². The van der Waals surface area contributed by atoms with Gasteiger partial charge in [-0.1, -0.05) is 60.7 Å². The molecule has 0 saturated heterocycles. The van der Waals surface area contributed by atoms with Crippen LogP contribution >= 0.6 is 0 Å². The summed E-state index contributed by atoms with van der Waals surface area (Å²) < 4.78 is 15.0. The van der Waals surface area contributed by atoms with Crippen LogP contribution in [0, 0.1) is 5.82 Å². The van der Waals surface area contributed by atoms with E-state index in [2.05, 4.69) is 10.3 Å². The Kier molecular flexibility index (Phi) is 5.15. The van der Waals surface area contributed by atoms with Gasteiger partial charge in [-0.25, -0.2) is 9.37 Å². The lowest BCUT2D eigenvalue weighted by Gasteiger charge is -2.17. The smallest absolute Gasteiger partial charge is 0.232 e. The molecule has 0 aliphatic rings. The van der Waals surface area contributed by atoms with E-state index < -0.39 is 0 Å². The number of hydrogen-bond donors (Lipinski definition) is 1. The van der Waals surface area contributed by atoms with Crippen molar-refractivity contribution in [2.24, 2.45) is 0 Å². The number of fused-ring (bicyclic) bond motifs is 1. The van der Waals surface area contributed by atoms with Crippen molar-refractivity contribution in [3.8, 4) is 0 Å². The zero-order valence-corrected chi connectivity index (χ0v) is 15.3. The lowest BCUT2D eigenvalue weighted by molar-refractivity contribution is -0.121. The number of aromatic nitrogens is 2. The molecule has 0 spiro atoms. The molecule has 0 radical (unpaired) electrons. The SMILES string of the molecule is O=C(NCCc1cn2cc(F)ccc2n1)C(c1ccccc1)c1ccccc1. The third-order valence-corrected chi connectivity index (χ3v) is 4.67. The first kappa shape index (κ1) is 17.9. The van der Waals surface area contributed by atoms with Crippen molar-refractivity contribution in [2.45, 2.75) is 12.3 Å². The van der Waals surface area contributed by atoms with Crippen LogP contribution in [0.25, 0.3) is 5.65 Å². The molecule has 0 saturated carbocycles. The summed E-state index contributed by atoms with van der Waals surface area (Å²) in [6.45, 7) is 0.460. The predicted octanol–water partition coefficient (Wildman–Crippen LogP) is 3.96. The van der Waals surface area contributed by atoms with E-state index in [1.807, 2.05) is 60.7 Å². The number of hydrogen-bond acceptors (Lipinski definition) is 2. The average molecular weight is 373 g/mol. The van der Waals surface area contributed by atoms with Crippen molar-refractivity contribution in [1.29, 1.82) is 0 Å². The molecule has 4 aromatic rings. The minimum atomic E-state index is -0.363. The van der Waals surface area contributed by atoms with Crippen molar-refractivity contribution in [1.82, 2.24) is 14.7 Å². The van der Waals surface area contributed by atoms with Crippen LogP contribution in [-0.4, -0.2) is 21.8 Å². The molecule has 0 unspecified atom stereocenters. The van der Waals surface area contributed by atoms with Gasteiger partial charge in [0.1, 0.15) is 11.5 Å². The maximum atomic E-state index is 13.3. The number of imidazole rings is 1. The quantitative estimate of drug-likeness (QED) is 0.556. The summed E-state index contributed by atoms with van der Waals surface area (Å²) in [5, 5.41) is 3.02. The first-order chi connectivity index (χ1) is 13.7. The van der Waals surface area contributed by atoms with Crippen LogP contribution in [0.3, 0.4) is 0 Å². The van der Waals surface area contributed by atoms with Crippen molar-refractivity contribution < 1.29 is 9.18 Å². The number of carbonyl (C=O) groups excluding carboxylic acids is 1. The molecule has 0 fully saturated rings. The highest BCUT2D eigenvalue weighted by Gasteiger charge is 2.22. The minimum absolute atomic E-state index is 0.0489. The molecule has 5 heteroatoms. The maximum absolute atomic E-state index is 13.3. The van der Waals surface area contributed by atoms with E-state index in [0.29, 0.717) is 18.6 Å². The summed E-state index contributed by atoms with van der Waals surface area (Å²) in [4.78, 5) is 17.4. The van der Waals surface area contributed by atoms with Crippen LogP contribution in [0.1, 0.15) is 22.7 Å². The molecule has 1 amide bonds. The van der Waals surface area contributed by atoms with Gasteiger partial charge in [0.05, 0.1) is 11.6 Å². The third-order valence-electron chi connectivity index (χ3n) is 4.67. The van der Waals surface area contributed by atoms with Crippen LogP contribution in [0.5, 0.6) is 0 Å². The van der Waals surface area contributed by atoms with Gasteiger partial charge in [0, 0.05) is 25.4 Å². The summed E-state index contributed by atoms with van der Waals surface area (Å²) in [6, 6.07) is 22.5. The van der Waals surface area contributed by atoms with Crippen LogP contribution in [0.15, 0.2) is 85.2 Å². The molecule has 140 valence electrons. The van der Waals surface area contributed by atoms with Crippen LogP contribution in [0.4, 0.5) is 4.39 Å². The van der Waals surface area contributed by atoms with E-state index in [4.69, 9.17) is 0 Å². The zero-order valence-electron chi connectivity index (χ0n) is 15.3. The number of pyridine rings is 1. The lowest BCUT2D eigenvalue weighted by atomic mass is 9.90. The summed E-state index contributed by atoms with van der Waals surface area (Å²) in [7, 11) is 0. The topological polar surface area (TPSA) is 46.4 Å². The van der Waals surface area contributed by atoms with Gasteiger partial charge in [-0.15, -0.1) is 0 Å². The van der Waals surface area contributed by atoms with Crippen molar-refractivity contribution in [2.75, 3.05) is 6.54 Å². The van der Waals surface area contributed by atoms with E-state index >= 15 is 0 Å². The van der Waals surface area contributed by atoms with Gasteiger partial charge in [0.15, 0.2) is 0 Å². The summed E-state index contributed by atoms with van der Waals surface area (Å²) in [6.07, 6.45) is 3.76. The first-order valence-corrected chi connectivity index (χ1v) is 9.21. The Morgan fingerprint density at radius 1 is 0.929 bits per heavy atom. The Balaban J connectivity index is 1.47. The van der Waals surface area contributed by atoms with Crippen LogP contribution in [0.2, 0.25) is 0 Å². The minimum Gasteiger partial charge on any atom is -0.355 e. The van der Waals surface area contributed by atoms with Crippen molar-refractivity contribution in [3.05, 3.63) is 108 Å². The fourth-order valence-corrected chi connectivity index (χ4v) is 3.34. The molecule has 0 aliphatic carbocycles. The van der Waals surface area contributed by atoms with Gasteiger partial charge in [0.2, 0.25) is 5.91 Å². The Bertz CT molecular complexity index is 1040. The number of amides is 1. The Morgan fingerprint density at radius 2 is 1.57 bits per heavy atom. The Labute approximate surface area is 162 Å². The highest BCUT2D eigenvalue weighted by molar-refractivity contribution is 5.87. The van der Waals surface area contributed by atoms with Crippen molar-refractivity contribution in [3.63, 3.8) is 0 Å². The summed E-state index contributed by atoms with van der Waals surface area (Å²) in [5.74, 6) is -0.719. The van der Waals surface area contributed by atoms with Gasteiger partial charge in [-0.3, -0.25) is 4.79 Å². The molecule has 2 heterocycles. The maximum Gasteiger partial charge on any atom is 0.232 e. The standard InChI is InChI=1S/C23H20FN3O/c24-19-11-12-21-26-20(16-27(21)15-19)13-14-25-23(28)22(17-7-3-1-4-8-17)18-9-5-2-6-10-18/h1-12,15-16,22H,13-14H2,(H,25,28). The Hall–Kier alpha value is -3.47. The highest BCUT2D eigenvalue weighted by Crippen LogP contribution is 2.24. The molecule has 4 nitrogen and oxygen atoms in total. The van der Waals surface area contributed by atoms with Crippen LogP contribution in [-0.2, 0) is 11.2 Å². The molecule has 2 aromatic carbocycles. The number of nitrogens with zero attached hydrogens (tertiary/aromatic N) is 2. The van der Waals surface area contributed by atoms with E-state index in [9.17, 15) is 9.18 Å².